The highest BCUT2D eigenvalue weighted by Crippen LogP contribution is 2.29. The molecule has 5 N–H and O–H groups in total. The van der Waals surface area contributed by atoms with Crippen LogP contribution in [0.25, 0.3) is 0 Å². The smallest absolute Gasteiger partial charge is 0.161 e. The average Bonchev–Trinajstić information content (AvgIpc) is 2.52. The summed E-state index contributed by atoms with van der Waals surface area (Å²) in [5.74, 6) is 0. The molecule has 0 saturated carbocycles. The van der Waals surface area contributed by atoms with E-state index in [0.29, 0.717) is 6.42 Å². The van der Waals surface area contributed by atoms with Crippen molar-refractivity contribution >= 4 is 0 Å². The predicted molar refractivity (Wildman–Crippen MR) is 73.9 cm³/mol. The van der Waals surface area contributed by atoms with E-state index in [0.717, 1.165) is 6.42 Å². The third-order valence-corrected chi connectivity index (χ3v) is 4.28. The second-order valence-electron chi connectivity index (χ2n) is 5.87. The molecule has 2 fully saturated rings. The highest BCUT2D eigenvalue weighted by atomic mass is 16.7. The molecule has 8 heteroatoms. The number of rotatable bonds is 5. The van der Waals surface area contributed by atoms with Gasteiger partial charge >= 0.3 is 0 Å². The minimum Gasteiger partial charge on any atom is -0.394 e. The van der Waals surface area contributed by atoms with E-state index in [1.165, 1.54) is 0 Å². The van der Waals surface area contributed by atoms with E-state index < -0.39 is 49.5 Å². The van der Waals surface area contributed by atoms with Crippen LogP contribution in [-0.2, 0) is 14.2 Å². The van der Waals surface area contributed by atoms with Crippen molar-refractivity contribution in [3.05, 3.63) is 0 Å². The second-order valence-corrected chi connectivity index (χ2v) is 5.87. The van der Waals surface area contributed by atoms with Gasteiger partial charge in [-0.15, -0.1) is 0 Å². The van der Waals surface area contributed by atoms with Crippen LogP contribution < -0.4 is 0 Å². The number of aliphatic hydroxyl groups excluding tert-OH is 5. The van der Waals surface area contributed by atoms with Crippen LogP contribution in [0.2, 0.25) is 0 Å². The summed E-state index contributed by atoms with van der Waals surface area (Å²) < 4.78 is 16.7. The van der Waals surface area contributed by atoms with E-state index in [-0.39, 0.29) is 19.1 Å². The minimum absolute atomic E-state index is 0.0102. The summed E-state index contributed by atoms with van der Waals surface area (Å²) in [6.45, 7) is 1.17. The average molecular weight is 322 g/mol. The lowest BCUT2D eigenvalue weighted by atomic mass is 9.96. The van der Waals surface area contributed by atoms with Crippen LogP contribution >= 0.6 is 0 Å². The zero-order chi connectivity index (χ0) is 16.3. The number of hydrogen-bond acceptors (Lipinski definition) is 8. The van der Waals surface area contributed by atoms with Gasteiger partial charge in [0.25, 0.3) is 0 Å². The molecule has 0 aliphatic carbocycles. The van der Waals surface area contributed by atoms with Crippen molar-refractivity contribution in [3.63, 3.8) is 0 Å². The molecule has 0 unspecified atom stereocenters. The second kappa shape index (κ2) is 7.98. The van der Waals surface area contributed by atoms with Gasteiger partial charge in [0.1, 0.15) is 24.4 Å². The summed E-state index contributed by atoms with van der Waals surface area (Å²) in [6.07, 6.45) is -5.45. The maximum Gasteiger partial charge on any atom is 0.161 e. The van der Waals surface area contributed by atoms with E-state index in [4.69, 9.17) is 19.3 Å². The summed E-state index contributed by atoms with van der Waals surface area (Å²) in [5.41, 5.74) is 0. The van der Waals surface area contributed by atoms with Crippen LogP contribution in [0.15, 0.2) is 0 Å². The molecule has 130 valence electrons. The lowest BCUT2D eigenvalue weighted by molar-refractivity contribution is -0.302. The highest BCUT2D eigenvalue weighted by molar-refractivity contribution is 4.88. The zero-order valence-electron chi connectivity index (χ0n) is 12.6. The molecule has 8 atom stereocenters. The Hall–Kier alpha value is -0.320. The Morgan fingerprint density at radius 1 is 0.955 bits per heavy atom. The van der Waals surface area contributed by atoms with E-state index >= 15 is 0 Å². The maximum absolute atomic E-state index is 10.2. The normalized spacial score (nSPS) is 46.6. The fourth-order valence-corrected chi connectivity index (χ4v) is 2.95. The third kappa shape index (κ3) is 3.95. The fourth-order valence-electron chi connectivity index (χ4n) is 2.95. The quantitative estimate of drug-likeness (QED) is 0.398. The van der Waals surface area contributed by atoms with Crippen LogP contribution in [0.5, 0.6) is 0 Å². The van der Waals surface area contributed by atoms with Gasteiger partial charge < -0.3 is 39.7 Å². The Labute approximate surface area is 129 Å². The standard InChI is InChI=1S/C14H26O8/c1-2-7-3-9(18)14(11(6-16)20-7)22-12-4-8(17)13(19)10(5-15)21-12/h7-19H,2-6H2,1H3/t7-,8+,9+,10+,11+,12-,13-,14-/m0/s1. The van der Waals surface area contributed by atoms with Crippen LogP contribution in [0.1, 0.15) is 26.2 Å². The van der Waals surface area contributed by atoms with Crippen molar-refractivity contribution in [2.75, 3.05) is 13.2 Å². The molecule has 0 aromatic heterocycles. The van der Waals surface area contributed by atoms with Gasteiger partial charge in [0.15, 0.2) is 6.29 Å². The Kier molecular flexibility index (Phi) is 6.54. The molecule has 0 radical (unpaired) electrons. The lowest BCUT2D eigenvalue weighted by Crippen LogP contribution is -2.56. The summed E-state index contributed by atoms with van der Waals surface area (Å²) >= 11 is 0. The molecule has 0 amide bonds. The molecule has 8 nitrogen and oxygen atoms in total. The van der Waals surface area contributed by atoms with E-state index in [1.807, 2.05) is 6.92 Å². The molecule has 2 heterocycles. The minimum atomic E-state index is -1.18. The van der Waals surface area contributed by atoms with Gasteiger partial charge in [0, 0.05) is 12.8 Å². The molecule has 2 aliphatic heterocycles. The van der Waals surface area contributed by atoms with Gasteiger partial charge in [-0.3, -0.25) is 0 Å². The number of hydrogen-bond donors (Lipinski definition) is 5. The van der Waals surface area contributed by atoms with Gasteiger partial charge in [-0.05, 0) is 6.42 Å². The van der Waals surface area contributed by atoms with Crippen LogP contribution in [0.3, 0.4) is 0 Å². The van der Waals surface area contributed by atoms with E-state index in [1.54, 1.807) is 0 Å². The van der Waals surface area contributed by atoms with Crippen molar-refractivity contribution in [1.29, 1.82) is 0 Å². The van der Waals surface area contributed by atoms with Crippen LogP contribution in [-0.4, -0.2) is 87.8 Å². The Bertz CT molecular complexity index is 341. The molecular weight excluding hydrogens is 296 g/mol. The molecule has 0 aromatic rings. The summed E-state index contributed by atoms with van der Waals surface area (Å²) in [7, 11) is 0. The summed E-state index contributed by atoms with van der Waals surface area (Å²) in [5, 5.41) is 48.2. The highest BCUT2D eigenvalue weighted by Gasteiger charge is 2.43. The molecule has 0 spiro atoms. The van der Waals surface area contributed by atoms with Crippen molar-refractivity contribution < 1.29 is 39.7 Å². The third-order valence-electron chi connectivity index (χ3n) is 4.28. The molecule has 2 saturated heterocycles. The maximum atomic E-state index is 10.2. The first-order chi connectivity index (χ1) is 10.5. The van der Waals surface area contributed by atoms with Crippen LogP contribution in [0.4, 0.5) is 0 Å². The topological polar surface area (TPSA) is 129 Å². The predicted octanol–water partition coefficient (Wildman–Crippen LogP) is -1.88. The van der Waals surface area contributed by atoms with Gasteiger partial charge in [0.2, 0.25) is 0 Å². The van der Waals surface area contributed by atoms with Crippen molar-refractivity contribution in [2.45, 2.75) is 75.2 Å². The van der Waals surface area contributed by atoms with Crippen LogP contribution in [0, 0.1) is 0 Å². The molecule has 2 aliphatic rings. The monoisotopic (exact) mass is 322 g/mol. The number of ether oxygens (including phenoxy) is 3. The van der Waals surface area contributed by atoms with Crippen molar-refractivity contribution in [2.24, 2.45) is 0 Å². The Morgan fingerprint density at radius 3 is 2.23 bits per heavy atom. The summed E-state index contributed by atoms with van der Waals surface area (Å²) in [4.78, 5) is 0. The first-order valence-corrected chi connectivity index (χ1v) is 7.72. The van der Waals surface area contributed by atoms with Gasteiger partial charge in [-0.2, -0.15) is 0 Å². The van der Waals surface area contributed by atoms with Gasteiger partial charge in [-0.1, -0.05) is 6.92 Å². The van der Waals surface area contributed by atoms with Crippen molar-refractivity contribution in [1.82, 2.24) is 0 Å². The lowest BCUT2D eigenvalue weighted by Gasteiger charge is -2.43. The fraction of sp³-hybridized carbons (Fsp3) is 1.00. The first kappa shape index (κ1) is 18.0. The molecule has 2 rings (SSSR count). The van der Waals surface area contributed by atoms with E-state index in [2.05, 4.69) is 0 Å². The van der Waals surface area contributed by atoms with E-state index in [9.17, 15) is 20.4 Å². The molecule has 0 bridgehead atoms. The van der Waals surface area contributed by atoms with Gasteiger partial charge in [0.05, 0.1) is 31.5 Å². The van der Waals surface area contributed by atoms with Gasteiger partial charge in [-0.25, -0.2) is 0 Å². The largest absolute Gasteiger partial charge is 0.394 e. The van der Waals surface area contributed by atoms with Crippen molar-refractivity contribution in [3.8, 4) is 0 Å². The molecular formula is C14H26O8. The Balaban J connectivity index is 1.99. The first-order valence-electron chi connectivity index (χ1n) is 7.72. The zero-order valence-corrected chi connectivity index (χ0v) is 12.6. The Morgan fingerprint density at radius 2 is 1.64 bits per heavy atom. The molecule has 0 aromatic carbocycles. The number of aliphatic hydroxyl groups is 5. The summed E-state index contributed by atoms with van der Waals surface area (Å²) in [6, 6.07) is 0. The SMILES string of the molecule is CC[C@H]1C[C@@H](O)[C@H](O[C@H]2C[C@@H](O)[C@H](O)[C@@H](CO)O2)[C@@H](CO)O1. The molecule has 22 heavy (non-hydrogen) atoms.